The second kappa shape index (κ2) is 12.7. The number of rotatable bonds is 12. The van der Waals surface area contributed by atoms with Crippen molar-refractivity contribution >= 4 is 17.7 Å². The van der Waals surface area contributed by atoms with Gasteiger partial charge in [0.05, 0.1) is 6.61 Å². The van der Waals surface area contributed by atoms with Gasteiger partial charge in [-0.1, -0.05) is 18.2 Å². The molecule has 1 aromatic heterocycles. The molecule has 0 aliphatic heterocycles. The topological polar surface area (TPSA) is 135 Å². The number of aliphatic hydroxyl groups excluding tert-OH is 1. The smallest absolute Gasteiger partial charge is 0.430 e. The lowest BCUT2D eigenvalue weighted by molar-refractivity contribution is 0.103. The highest BCUT2D eigenvalue weighted by molar-refractivity contribution is 5.84. The summed E-state index contributed by atoms with van der Waals surface area (Å²) in [6, 6.07) is 11.2. The fourth-order valence-electron chi connectivity index (χ4n) is 2.65. The maximum atomic E-state index is 11.6. The molecule has 0 radical (unpaired) electrons. The lowest BCUT2D eigenvalue weighted by Gasteiger charge is -2.18. The molecule has 2 atom stereocenters. The molecule has 5 N–H and O–H groups in total. The van der Waals surface area contributed by atoms with E-state index in [1.54, 1.807) is 19.1 Å². The van der Waals surface area contributed by atoms with Crippen LogP contribution in [0.4, 0.5) is 16.4 Å². The highest BCUT2D eigenvalue weighted by Gasteiger charge is 2.14. The second-order valence-corrected chi connectivity index (χ2v) is 7.10. The number of nitrogens with one attached hydrogen (secondary N) is 2. The second-order valence-electron chi connectivity index (χ2n) is 7.10. The van der Waals surface area contributed by atoms with Crippen LogP contribution in [-0.2, 0) is 4.74 Å². The zero-order valence-electron chi connectivity index (χ0n) is 18.2. The first-order chi connectivity index (χ1) is 14.9. The van der Waals surface area contributed by atoms with Crippen LogP contribution < -0.4 is 26.2 Å². The lowest BCUT2D eigenvalue weighted by atomic mass is 10.2. The minimum absolute atomic E-state index is 0.177. The van der Waals surface area contributed by atoms with E-state index in [-0.39, 0.29) is 25.1 Å². The average Bonchev–Trinajstić information content (AvgIpc) is 2.77. The van der Waals surface area contributed by atoms with Crippen LogP contribution in [0, 0.1) is 6.92 Å². The van der Waals surface area contributed by atoms with Gasteiger partial charge in [0, 0.05) is 19.1 Å². The SMILES string of the molecule is CCOC(=O)N(N)c1ccc(NCCC(C)NCC(O)COc2ccccc2C)nn1. The monoisotopic (exact) mass is 432 g/mol. The minimum Gasteiger partial charge on any atom is -0.491 e. The number of ether oxygens (including phenoxy) is 2. The Bertz CT molecular complexity index is 805. The number of para-hydroxylation sites is 1. The van der Waals surface area contributed by atoms with Crippen LogP contribution in [-0.4, -0.2) is 59.8 Å². The molecule has 1 heterocycles. The zero-order chi connectivity index (χ0) is 22.6. The van der Waals surface area contributed by atoms with Gasteiger partial charge >= 0.3 is 6.09 Å². The van der Waals surface area contributed by atoms with Crippen molar-refractivity contribution in [1.29, 1.82) is 0 Å². The molecule has 0 saturated carbocycles. The van der Waals surface area contributed by atoms with E-state index in [1.165, 1.54) is 0 Å². The molecule has 2 aromatic rings. The summed E-state index contributed by atoms with van der Waals surface area (Å²) < 4.78 is 10.5. The third-order valence-corrected chi connectivity index (χ3v) is 4.47. The Balaban J connectivity index is 1.64. The van der Waals surface area contributed by atoms with Gasteiger partial charge in [-0.2, -0.15) is 5.01 Å². The molecule has 0 bridgehead atoms. The lowest BCUT2D eigenvalue weighted by Crippen LogP contribution is -2.38. The van der Waals surface area contributed by atoms with Crippen molar-refractivity contribution in [2.75, 3.05) is 36.6 Å². The van der Waals surface area contributed by atoms with Crippen molar-refractivity contribution in [3.63, 3.8) is 0 Å². The number of aryl methyl sites for hydroxylation is 1. The summed E-state index contributed by atoms with van der Waals surface area (Å²) in [4.78, 5) is 11.6. The van der Waals surface area contributed by atoms with E-state index in [0.29, 0.717) is 18.9 Å². The molecular formula is C21H32N6O4. The predicted molar refractivity (Wildman–Crippen MR) is 119 cm³/mol. The number of carbonyl (C=O) groups is 1. The fraction of sp³-hybridized carbons (Fsp3) is 0.476. The molecule has 0 saturated heterocycles. The third kappa shape index (κ3) is 8.36. The summed E-state index contributed by atoms with van der Waals surface area (Å²) in [5.41, 5.74) is 1.04. The summed E-state index contributed by atoms with van der Waals surface area (Å²) in [5, 5.41) is 25.3. The van der Waals surface area contributed by atoms with Gasteiger partial charge in [0.25, 0.3) is 0 Å². The van der Waals surface area contributed by atoms with Crippen molar-refractivity contribution in [3.8, 4) is 5.75 Å². The van der Waals surface area contributed by atoms with Gasteiger partial charge in [0.1, 0.15) is 24.3 Å². The highest BCUT2D eigenvalue weighted by atomic mass is 16.6. The number of nitrogens with two attached hydrogens (primary N) is 1. The fourth-order valence-corrected chi connectivity index (χ4v) is 2.65. The molecule has 31 heavy (non-hydrogen) atoms. The van der Waals surface area contributed by atoms with Crippen LogP contribution in [0.2, 0.25) is 0 Å². The number of aliphatic hydroxyl groups is 1. The molecule has 0 fully saturated rings. The summed E-state index contributed by atoms with van der Waals surface area (Å²) in [6.07, 6.45) is -0.489. The average molecular weight is 433 g/mol. The number of carbonyl (C=O) groups excluding carboxylic acids is 1. The van der Waals surface area contributed by atoms with E-state index in [2.05, 4.69) is 20.8 Å². The molecule has 1 amide bonds. The highest BCUT2D eigenvalue weighted by Crippen LogP contribution is 2.16. The summed E-state index contributed by atoms with van der Waals surface area (Å²) in [6.45, 7) is 7.25. The van der Waals surface area contributed by atoms with Gasteiger partial charge in [-0.05, 0) is 51.0 Å². The van der Waals surface area contributed by atoms with Gasteiger partial charge in [0.15, 0.2) is 5.82 Å². The first-order valence-corrected chi connectivity index (χ1v) is 10.3. The van der Waals surface area contributed by atoms with Crippen LogP contribution in [0.3, 0.4) is 0 Å². The minimum atomic E-state index is -0.691. The van der Waals surface area contributed by atoms with E-state index in [1.807, 2.05) is 38.1 Å². The molecule has 1 aromatic carbocycles. The normalized spacial score (nSPS) is 12.7. The molecule has 2 rings (SSSR count). The maximum Gasteiger partial charge on any atom is 0.430 e. The standard InChI is InChI=1S/C21H32N6O4/c1-4-30-21(29)27(22)20-10-9-19(25-26-20)23-12-11-16(3)24-13-17(28)14-31-18-8-6-5-7-15(18)2/h5-10,16-17,24,28H,4,11-14,22H2,1-3H3,(H,23,25). The van der Waals surface area contributed by atoms with E-state index >= 15 is 0 Å². The van der Waals surface area contributed by atoms with Crippen LogP contribution in [0.1, 0.15) is 25.8 Å². The Kier molecular flexibility index (Phi) is 9.95. The molecule has 170 valence electrons. The number of hydrogen-bond acceptors (Lipinski definition) is 9. The van der Waals surface area contributed by atoms with Crippen molar-refractivity contribution in [3.05, 3.63) is 42.0 Å². The number of hydrogen-bond donors (Lipinski definition) is 4. The van der Waals surface area contributed by atoms with Gasteiger partial charge in [0.2, 0.25) is 0 Å². The predicted octanol–water partition coefficient (Wildman–Crippen LogP) is 1.84. The Labute approximate surface area is 182 Å². The van der Waals surface area contributed by atoms with Crippen LogP contribution in [0.15, 0.2) is 36.4 Å². The van der Waals surface area contributed by atoms with Crippen LogP contribution in [0.5, 0.6) is 5.75 Å². The van der Waals surface area contributed by atoms with Crippen molar-refractivity contribution in [2.24, 2.45) is 5.84 Å². The number of benzene rings is 1. The molecule has 0 aliphatic rings. The first kappa shape index (κ1) is 24.3. The quantitative estimate of drug-likeness (QED) is 0.225. The first-order valence-electron chi connectivity index (χ1n) is 10.3. The van der Waals surface area contributed by atoms with Crippen LogP contribution in [0.25, 0.3) is 0 Å². The number of hydrazine groups is 1. The van der Waals surface area contributed by atoms with E-state index < -0.39 is 12.2 Å². The van der Waals surface area contributed by atoms with Crippen molar-refractivity contribution in [2.45, 2.75) is 39.3 Å². The van der Waals surface area contributed by atoms with E-state index in [9.17, 15) is 9.90 Å². The van der Waals surface area contributed by atoms with Crippen molar-refractivity contribution in [1.82, 2.24) is 15.5 Å². The van der Waals surface area contributed by atoms with Gasteiger partial charge in [-0.3, -0.25) is 0 Å². The Morgan fingerprint density at radius 2 is 2.03 bits per heavy atom. The van der Waals surface area contributed by atoms with Gasteiger partial charge in [-0.15, -0.1) is 10.2 Å². The Hall–Kier alpha value is -2.95. The summed E-state index contributed by atoms with van der Waals surface area (Å²) >= 11 is 0. The molecular weight excluding hydrogens is 400 g/mol. The molecule has 2 unspecified atom stereocenters. The molecule has 0 spiro atoms. The number of nitrogens with zero attached hydrogens (tertiary/aromatic N) is 3. The maximum absolute atomic E-state index is 11.6. The van der Waals surface area contributed by atoms with Crippen LogP contribution >= 0.6 is 0 Å². The van der Waals surface area contributed by atoms with E-state index in [0.717, 1.165) is 22.7 Å². The number of anilines is 2. The van der Waals surface area contributed by atoms with Gasteiger partial charge < -0.3 is 25.2 Å². The number of amides is 1. The molecule has 10 heteroatoms. The third-order valence-electron chi connectivity index (χ3n) is 4.47. The molecule has 0 aliphatic carbocycles. The summed E-state index contributed by atoms with van der Waals surface area (Å²) in [5.74, 6) is 7.18. The zero-order valence-corrected chi connectivity index (χ0v) is 18.2. The van der Waals surface area contributed by atoms with E-state index in [4.69, 9.17) is 15.3 Å². The molecule has 10 nitrogen and oxygen atoms in total. The Morgan fingerprint density at radius 3 is 2.71 bits per heavy atom. The largest absolute Gasteiger partial charge is 0.491 e. The Morgan fingerprint density at radius 1 is 1.26 bits per heavy atom. The number of aromatic nitrogens is 2. The summed E-state index contributed by atoms with van der Waals surface area (Å²) in [7, 11) is 0. The van der Waals surface area contributed by atoms with Gasteiger partial charge in [-0.25, -0.2) is 10.6 Å². The van der Waals surface area contributed by atoms with Crippen molar-refractivity contribution < 1.29 is 19.4 Å².